The molecule has 0 unspecified atom stereocenters. The van der Waals surface area contributed by atoms with Gasteiger partial charge in [-0.1, -0.05) is 56.3 Å². The first kappa shape index (κ1) is 35.2. The van der Waals surface area contributed by atoms with Gasteiger partial charge in [-0.05, 0) is 35.6 Å². The minimum Gasteiger partial charge on any atom is -0.508 e. The average molecular weight is 613 g/mol. The zero-order chi connectivity index (χ0) is 30.8. The zero-order valence-electron chi connectivity index (χ0n) is 22.8. The quantitative estimate of drug-likeness (QED) is 0.203. The maximum atomic E-state index is 12.8. The number of aromatic hydroxyl groups is 1. The van der Waals surface area contributed by atoms with Crippen LogP contribution < -0.4 is 16.0 Å². The number of aliphatic carboxylic acids is 1. The summed E-state index contributed by atoms with van der Waals surface area (Å²) in [7, 11) is 0. The van der Waals surface area contributed by atoms with Gasteiger partial charge in [0, 0.05) is 6.42 Å². The van der Waals surface area contributed by atoms with Crippen LogP contribution in [0.15, 0.2) is 54.6 Å². The molecule has 5 N–H and O–H groups in total. The van der Waals surface area contributed by atoms with E-state index in [0.717, 1.165) is 5.56 Å². The molecule has 0 aliphatic rings. The average Bonchev–Trinajstić information content (AvgIpc) is 2.95. The fourth-order valence-electron chi connectivity index (χ4n) is 3.25. The van der Waals surface area contributed by atoms with Crippen LogP contribution in [0.2, 0.25) is 0 Å². The molecule has 2 aromatic rings. The van der Waals surface area contributed by atoms with Crippen molar-refractivity contribution in [3.8, 4) is 5.75 Å². The number of halogens is 2. The van der Waals surface area contributed by atoms with Gasteiger partial charge < -0.3 is 30.9 Å². The number of alkyl carbamates (subject to hydrolysis) is 1. The number of nitrogens with one attached hydrogen (secondary N) is 3. The molecule has 3 amide bonds. The summed E-state index contributed by atoms with van der Waals surface area (Å²) in [5.74, 6) is -2.50. The topological polar surface area (TPSA) is 171 Å². The minimum absolute atomic E-state index is 0.00148. The van der Waals surface area contributed by atoms with Gasteiger partial charge in [-0.2, -0.15) is 0 Å². The minimum atomic E-state index is -1.23. The van der Waals surface area contributed by atoms with Crippen molar-refractivity contribution in [1.29, 1.82) is 0 Å². The summed E-state index contributed by atoms with van der Waals surface area (Å²) < 4.78 is 5.05. The van der Waals surface area contributed by atoms with E-state index in [9.17, 15) is 34.2 Å². The number of benzene rings is 2. The predicted molar refractivity (Wildman–Crippen MR) is 154 cm³/mol. The Hall–Kier alpha value is -3.83. The molecule has 0 aliphatic heterocycles. The van der Waals surface area contributed by atoms with E-state index in [4.69, 9.17) is 27.9 Å². The van der Waals surface area contributed by atoms with Crippen LogP contribution in [-0.4, -0.2) is 70.3 Å². The van der Waals surface area contributed by atoms with Crippen molar-refractivity contribution in [2.75, 3.05) is 18.3 Å². The SMILES string of the molecule is CC(C)C[C@H](NC(=O)CNC(=O)OCc1ccccc1)C(=O)N[C@@H](Cc1ccc(O)cc1)C(=O)O.O=C(CCl)CCl. The Bertz CT molecular complexity index is 1120. The summed E-state index contributed by atoms with van der Waals surface area (Å²) in [5.41, 5.74) is 1.40. The summed E-state index contributed by atoms with van der Waals surface area (Å²) in [4.78, 5) is 58.7. The van der Waals surface area contributed by atoms with Crippen molar-refractivity contribution in [2.45, 2.75) is 45.4 Å². The Balaban J connectivity index is 0.00000126. The summed E-state index contributed by atoms with van der Waals surface area (Å²) in [6.07, 6.45) is -0.520. The lowest BCUT2D eigenvalue weighted by atomic mass is 10.0. The molecule has 2 aromatic carbocycles. The number of hydrogen-bond donors (Lipinski definition) is 5. The Morgan fingerprint density at radius 3 is 1.98 bits per heavy atom. The van der Waals surface area contributed by atoms with Gasteiger partial charge in [-0.25, -0.2) is 9.59 Å². The number of carbonyl (C=O) groups is 5. The third-order valence-electron chi connectivity index (χ3n) is 5.25. The van der Waals surface area contributed by atoms with E-state index >= 15 is 0 Å². The first-order valence-corrected chi connectivity index (χ1v) is 13.7. The molecule has 224 valence electrons. The second-order valence-electron chi connectivity index (χ2n) is 9.24. The van der Waals surface area contributed by atoms with E-state index in [-0.39, 0.29) is 48.7 Å². The van der Waals surface area contributed by atoms with E-state index in [1.165, 1.54) is 12.1 Å². The number of phenolic OH excluding ortho intramolecular Hbond substituents is 1. The molecule has 0 aliphatic carbocycles. The van der Waals surface area contributed by atoms with Crippen LogP contribution in [0.25, 0.3) is 0 Å². The molecule has 2 rings (SSSR count). The maximum absolute atomic E-state index is 12.8. The van der Waals surface area contributed by atoms with Crippen molar-refractivity contribution in [3.05, 3.63) is 65.7 Å². The largest absolute Gasteiger partial charge is 0.508 e. The van der Waals surface area contributed by atoms with Crippen molar-refractivity contribution in [3.63, 3.8) is 0 Å². The van der Waals surface area contributed by atoms with E-state index in [1.54, 1.807) is 24.3 Å². The van der Waals surface area contributed by atoms with E-state index in [0.29, 0.717) is 5.56 Å². The number of ketones is 1. The van der Waals surface area contributed by atoms with Crippen LogP contribution >= 0.6 is 23.2 Å². The number of phenols is 1. The molecule has 0 spiro atoms. The van der Waals surface area contributed by atoms with Gasteiger partial charge in [0.1, 0.15) is 31.0 Å². The van der Waals surface area contributed by atoms with Crippen molar-refractivity contribution < 1.29 is 38.9 Å². The highest BCUT2D eigenvalue weighted by Gasteiger charge is 2.27. The molecule has 0 aromatic heterocycles. The second kappa shape index (κ2) is 19.3. The number of Topliss-reactive ketones (excluding diaryl/α,β-unsaturated/α-hetero) is 1. The van der Waals surface area contributed by atoms with Gasteiger partial charge in [0.05, 0.1) is 11.8 Å². The van der Waals surface area contributed by atoms with Crippen LogP contribution in [0.5, 0.6) is 5.75 Å². The molecule has 0 radical (unpaired) electrons. The predicted octanol–water partition coefficient (Wildman–Crippen LogP) is 2.99. The molecule has 11 nitrogen and oxygen atoms in total. The molecule has 13 heteroatoms. The third kappa shape index (κ3) is 15.5. The zero-order valence-corrected chi connectivity index (χ0v) is 24.3. The van der Waals surface area contributed by atoms with Gasteiger partial charge in [-0.15, -0.1) is 23.2 Å². The highest BCUT2D eigenvalue weighted by molar-refractivity contribution is 6.35. The van der Waals surface area contributed by atoms with Gasteiger partial charge in [0.25, 0.3) is 0 Å². The number of alkyl halides is 2. The lowest BCUT2D eigenvalue weighted by Crippen LogP contribution is -2.54. The van der Waals surface area contributed by atoms with Crippen LogP contribution in [0.4, 0.5) is 4.79 Å². The van der Waals surface area contributed by atoms with Crippen LogP contribution in [0.1, 0.15) is 31.4 Å². The number of carboxylic acids is 1. The first-order valence-electron chi connectivity index (χ1n) is 12.6. The Labute approximate surface area is 248 Å². The van der Waals surface area contributed by atoms with Crippen molar-refractivity contribution in [2.24, 2.45) is 5.92 Å². The molecule has 0 fully saturated rings. The fourth-order valence-corrected chi connectivity index (χ4v) is 3.54. The Kier molecular flexibility index (Phi) is 16.6. The maximum Gasteiger partial charge on any atom is 0.407 e. The fraction of sp³-hybridized carbons (Fsp3) is 0.393. The van der Waals surface area contributed by atoms with E-state index in [2.05, 4.69) is 16.0 Å². The monoisotopic (exact) mass is 611 g/mol. The van der Waals surface area contributed by atoms with Crippen LogP contribution in [-0.2, 0) is 36.9 Å². The summed E-state index contributed by atoms with van der Waals surface area (Å²) in [6, 6.07) is 12.8. The standard InChI is InChI=1S/C25H31N3O7.C3H4Cl2O/c1-16(2)12-20(23(31)28-21(24(32)33)13-17-8-10-19(29)11-9-17)27-22(30)14-26-25(34)35-15-18-6-4-3-5-7-18;4-1-3(6)2-5/h3-11,16,20-21,29H,12-15H2,1-2H3,(H,26,34)(H,27,30)(H,28,31)(H,32,33);1-2H2/t20-,21-;/m0./s1. The lowest BCUT2D eigenvalue weighted by Gasteiger charge is -2.23. The number of carboxylic acid groups (broad SMARTS) is 1. The molecule has 0 heterocycles. The van der Waals surface area contributed by atoms with Crippen molar-refractivity contribution >= 4 is 52.9 Å². The molecule has 2 atom stereocenters. The van der Waals surface area contributed by atoms with Gasteiger partial charge in [-0.3, -0.25) is 14.4 Å². The van der Waals surface area contributed by atoms with Crippen LogP contribution in [0, 0.1) is 5.92 Å². The van der Waals surface area contributed by atoms with E-state index < -0.39 is 42.5 Å². The van der Waals surface area contributed by atoms with Crippen molar-refractivity contribution in [1.82, 2.24) is 16.0 Å². The Morgan fingerprint density at radius 1 is 0.854 bits per heavy atom. The molecule has 0 bridgehead atoms. The molecule has 0 saturated heterocycles. The number of rotatable bonds is 14. The number of hydrogen-bond acceptors (Lipinski definition) is 7. The highest BCUT2D eigenvalue weighted by Crippen LogP contribution is 2.12. The molecule has 0 saturated carbocycles. The summed E-state index contributed by atoms with van der Waals surface area (Å²) in [6.45, 7) is 3.35. The Morgan fingerprint density at radius 2 is 1.46 bits per heavy atom. The lowest BCUT2D eigenvalue weighted by molar-refractivity contribution is -0.142. The second-order valence-corrected chi connectivity index (χ2v) is 9.78. The molecular formula is C28H35Cl2N3O8. The van der Waals surface area contributed by atoms with Crippen LogP contribution in [0.3, 0.4) is 0 Å². The molecule has 41 heavy (non-hydrogen) atoms. The van der Waals surface area contributed by atoms with Gasteiger partial charge in [0.2, 0.25) is 11.8 Å². The number of amides is 3. The number of ether oxygens (including phenoxy) is 1. The number of carbonyl (C=O) groups excluding carboxylic acids is 4. The molecular weight excluding hydrogens is 577 g/mol. The summed E-state index contributed by atoms with van der Waals surface area (Å²) in [5, 5.41) is 26.3. The van der Waals surface area contributed by atoms with Gasteiger partial charge >= 0.3 is 12.1 Å². The third-order valence-corrected chi connectivity index (χ3v) is 5.85. The highest BCUT2D eigenvalue weighted by atomic mass is 35.5. The van der Waals surface area contributed by atoms with E-state index in [1.807, 2.05) is 32.0 Å². The normalized spacial score (nSPS) is 11.7. The smallest absolute Gasteiger partial charge is 0.407 e. The first-order chi connectivity index (χ1) is 19.4. The van der Waals surface area contributed by atoms with Gasteiger partial charge in [0.15, 0.2) is 5.78 Å². The summed E-state index contributed by atoms with van der Waals surface area (Å²) >= 11 is 10.0.